The monoisotopic (exact) mass is 305 g/mol. The van der Waals surface area contributed by atoms with E-state index < -0.39 is 0 Å². The van der Waals surface area contributed by atoms with Crippen molar-refractivity contribution in [1.82, 2.24) is 9.78 Å². The van der Waals surface area contributed by atoms with Gasteiger partial charge in [0, 0.05) is 12.5 Å². The summed E-state index contributed by atoms with van der Waals surface area (Å²) in [6.07, 6.45) is 1.69. The van der Waals surface area contributed by atoms with Gasteiger partial charge in [-0.25, -0.2) is 0 Å². The van der Waals surface area contributed by atoms with Gasteiger partial charge in [0.1, 0.15) is 0 Å². The van der Waals surface area contributed by atoms with Gasteiger partial charge in [-0.1, -0.05) is 48.4 Å². The van der Waals surface area contributed by atoms with Crippen molar-refractivity contribution in [2.45, 2.75) is 46.1 Å². The van der Waals surface area contributed by atoms with E-state index in [1.54, 1.807) is 0 Å². The van der Waals surface area contributed by atoms with Crippen LogP contribution < -0.4 is 5.73 Å². The van der Waals surface area contributed by atoms with E-state index in [-0.39, 0.29) is 5.92 Å². The zero-order valence-electron chi connectivity index (χ0n) is 13.1. The number of halogens is 1. The molecule has 0 aliphatic rings. The maximum Gasteiger partial charge on any atom is 0.0850 e. The van der Waals surface area contributed by atoms with Crippen molar-refractivity contribution in [2.75, 3.05) is 6.54 Å². The van der Waals surface area contributed by atoms with E-state index in [4.69, 9.17) is 17.3 Å². The van der Waals surface area contributed by atoms with Crippen molar-refractivity contribution in [3.05, 3.63) is 51.8 Å². The molecule has 0 fully saturated rings. The first-order valence-electron chi connectivity index (χ1n) is 7.61. The van der Waals surface area contributed by atoms with Crippen molar-refractivity contribution in [3.63, 3.8) is 0 Å². The summed E-state index contributed by atoms with van der Waals surface area (Å²) in [7, 11) is 0. The predicted octanol–water partition coefficient (Wildman–Crippen LogP) is 3.71. The van der Waals surface area contributed by atoms with Crippen molar-refractivity contribution < 1.29 is 0 Å². The Labute approximate surface area is 132 Å². The third-order valence-electron chi connectivity index (χ3n) is 3.93. The average Bonchev–Trinajstić information content (AvgIpc) is 2.80. The summed E-state index contributed by atoms with van der Waals surface area (Å²) in [5.41, 5.74) is 10.6. The summed E-state index contributed by atoms with van der Waals surface area (Å²) in [6.45, 7) is 7.72. The first kappa shape index (κ1) is 16.1. The lowest BCUT2D eigenvalue weighted by molar-refractivity contribution is 0.581. The predicted molar refractivity (Wildman–Crippen MR) is 89.0 cm³/mol. The van der Waals surface area contributed by atoms with Crippen molar-refractivity contribution in [3.8, 4) is 0 Å². The van der Waals surface area contributed by atoms with Gasteiger partial charge in [-0.2, -0.15) is 5.10 Å². The van der Waals surface area contributed by atoms with Gasteiger partial charge in [0.25, 0.3) is 0 Å². The number of aromatic nitrogens is 2. The standard InChI is InChI=1S/C17H24ClN3/c1-4-15-17(18)16(21(5-2)20-15)10-14(11-19)13-8-6-7-12(3)9-13/h6-9,14H,4-5,10-11,19H2,1-3H3. The van der Waals surface area contributed by atoms with Crippen LogP contribution in [0.5, 0.6) is 0 Å². The highest BCUT2D eigenvalue weighted by Gasteiger charge is 2.19. The van der Waals surface area contributed by atoms with Gasteiger partial charge in [0.15, 0.2) is 0 Å². The minimum absolute atomic E-state index is 0.272. The molecule has 114 valence electrons. The van der Waals surface area contributed by atoms with Crippen LogP contribution in [-0.2, 0) is 19.4 Å². The number of benzene rings is 1. The molecule has 0 saturated heterocycles. The summed E-state index contributed by atoms with van der Waals surface area (Å²) in [5, 5.41) is 5.40. The van der Waals surface area contributed by atoms with E-state index in [0.717, 1.165) is 35.8 Å². The van der Waals surface area contributed by atoms with Gasteiger partial charge in [0.2, 0.25) is 0 Å². The van der Waals surface area contributed by atoms with Gasteiger partial charge < -0.3 is 5.73 Å². The molecule has 0 saturated carbocycles. The highest BCUT2D eigenvalue weighted by molar-refractivity contribution is 6.31. The summed E-state index contributed by atoms with van der Waals surface area (Å²) < 4.78 is 2.01. The molecule has 1 aromatic carbocycles. The normalized spacial score (nSPS) is 12.6. The molecule has 0 amide bonds. The van der Waals surface area contributed by atoms with Crippen LogP contribution in [-0.4, -0.2) is 16.3 Å². The van der Waals surface area contributed by atoms with Gasteiger partial charge in [-0.05, 0) is 38.8 Å². The fourth-order valence-electron chi connectivity index (χ4n) is 2.71. The number of rotatable bonds is 6. The van der Waals surface area contributed by atoms with Gasteiger partial charge >= 0.3 is 0 Å². The third kappa shape index (κ3) is 3.47. The van der Waals surface area contributed by atoms with Crippen LogP contribution in [0.25, 0.3) is 0 Å². The zero-order valence-corrected chi connectivity index (χ0v) is 13.8. The maximum atomic E-state index is 6.50. The molecule has 2 N–H and O–H groups in total. The molecule has 0 aliphatic heterocycles. The largest absolute Gasteiger partial charge is 0.330 e. The zero-order chi connectivity index (χ0) is 15.4. The Kier molecular flexibility index (Phi) is 5.43. The molecule has 21 heavy (non-hydrogen) atoms. The molecule has 0 bridgehead atoms. The van der Waals surface area contributed by atoms with E-state index >= 15 is 0 Å². The molecule has 0 spiro atoms. The van der Waals surface area contributed by atoms with Crippen molar-refractivity contribution >= 4 is 11.6 Å². The molecule has 2 rings (SSSR count). The SMILES string of the molecule is CCc1nn(CC)c(CC(CN)c2cccc(C)c2)c1Cl. The van der Waals surface area contributed by atoms with Crippen molar-refractivity contribution in [2.24, 2.45) is 5.73 Å². The second-order valence-corrected chi connectivity index (χ2v) is 5.81. The van der Waals surface area contributed by atoms with Crippen LogP contribution in [0, 0.1) is 6.92 Å². The van der Waals surface area contributed by atoms with Crippen LogP contribution >= 0.6 is 11.6 Å². The van der Waals surface area contributed by atoms with E-state index in [9.17, 15) is 0 Å². The van der Waals surface area contributed by atoms with Crippen molar-refractivity contribution in [1.29, 1.82) is 0 Å². The molecule has 1 atom stereocenters. The number of nitrogens with two attached hydrogens (primary N) is 1. The number of hydrogen-bond donors (Lipinski definition) is 1. The summed E-state index contributed by atoms with van der Waals surface area (Å²) >= 11 is 6.50. The summed E-state index contributed by atoms with van der Waals surface area (Å²) in [6, 6.07) is 8.55. The van der Waals surface area contributed by atoms with Gasteiger partial charge in [-0.15, -0.1) is 0 Å². The maximum absolute atomic E-state index is 6.50. The van der Waals surface area contributed by atoms with Gasteiger partial charge in [-0.3, -0.25) is 4.68 Å². The van der Waals surface area contributed by atoms with E-state index in [1.807, 2.05) is 4.68 Å². The Bertz CT molecular complexity index is 604. The highest BCUT2D eigenvalue weighted by Crippen LogP contribution is 2.28. The molecular formula is C17H24ClN3. The minimum atomic E-state index is 0.272. The molecular weight excluding hydrogens is 282 g/mol. The lowest BCUT2D eigenvalue weighted by Crippen LogP contribution is -2.17. The molecule has 0 aliphatic carbocycles. The second kappa shape index (κ2) is 7.10. The molecule has 3 nitrogen and oxygen atoms in total. The molecule has 1 heterocycles. The number of nitrogens with zero attached hydrogens (tertiary/aromatic N) is 2. The Hall–Kier alpha value is -1.32. The molecule has 1 aromatic heterocycles. The summed E-state index contributed by atoms with van der Waals surface area (Å²) in [4.78, 5) is 0. The lowest BCUT2D eigenvalue weighted by Gasteiger charge is -2.17. The summed E-state index contributed by atoms with van der Waals surface area (Å²) in [5.74, 6) is 0.272. The van der Waals surface area contributed by atoms with Crippen LogP contribution in [0.2, 0.25) is 5.02 Å². The molecule has 2 aromatic rings. The van der Waals surface area contributed by atoms with Crippen LogP contribution in [0.15, 0.2) is 24.3 Å². The van der Waals surface area contributed by atoms with E-state index in [2.05, 4.69) is 50.1 Å². The second-order valence-electron chi connectivity index (χ2n) is 5.43. The van der Waals surface area contributed by atoms with Crippen LogP contribution in [0.1, 0.15) is 42.3 Å². The Morgan fingerprint density at radius 2 is 2.10 bits per heavy atom. The van der Waals surface area contributed by atoms with Gasteiger partial charge in [0.05, 0.1) is 16.4 Å². The smallest absolute Gasteiger partial charge is 0.0850 e. The van der Waals surface area contributed by atoms with Crippen LogP contribution in [0.4, 0.5) is 0 Å². The first-order chi connectivity index (χ1) is 10.1. The Balaban J connectivity index is 2.32. The fourth-order valence-corrected chi connectivity index (χ4v) is 3.05. The number of aryl methyl sites for hydroxylation is 3. The third-order valence-corrected chi connectivity index (χ3v) is 4.37. The lowest BCUT2D eigenvalue weighted by atomic mass is 9.93. The minimum Gasteiger partial charge on any atom is -0.330 e. The molecule has 0 radical (unpaired) electrons. The highest BCUT2D eigenvalue weighted by atomic mass is 35.5. The molecule has 4 heteroatoms. The number of hydrogen-bond acceptors (Lipinski definition) is 2. The Morgan fingerprint density at radius 1 is 1.33 bits per heavy atom. The first-order valence-corrected chi connectivity index (χ1v) is 7.99. The van der Waals surface area contributed by atoms with E-state index in [1.165, 1.54) is 11.1 Å². The topological polar surface area (TPSA) is 43.8 Å². The molecule has 1 unspecified atom stereocenters. The fraction of sp³-hybridized carbons (Fsp3) is 0.471. The van der Waals surface area contributed by atoms with E-state index in [0.29, 0.717) is 6.54 Å². The quantitative estimate of drug-likeness (QED) is 0.884. The van der Waals surface area contributed by atoms with Crippen LogP contribution in [0.3, 0.4) is 0 Å². The Morgan fingerprint density at radius 3 is 2.67 bits per heavy atom. The average molecular weight is 306 g/mol.